The van der Waals surface area contributed by atoms with E-state index in [4.69, 9.17) is 0 Å². The normalized spacial score (nSPS) is 22.1. The molecular weight excluding hydrogens is 270 g/mol. The van der Waals surface area contributed by atoms with Crippen molar-refractivity contribution in [3.05, 3.63) is 58.3 Å². The lowest BCUT2D eigenvalue weighted by atomic mass is 10.0. The second-order valence-corrected chi connectivity index (χ2v) is 6.04. The van der Waals surface area contributed by atoms with Crippen molar-refractivity contribution in [3.8, 4) is 0 Å². The molecule has 2 atom stereocenters. The van der Waals surface area contributed by atoms with Gasteiger partial charge >= 0.3 is 0 Å². The van der Waals surface area contributed by atoms with E-state index in [0.29, 0.717) is 19.4 Å². The van der Waals surface area contributed by atoms with Gasteiger partial charge in [-0.05, 0) is 29.9 Å². The standard InChI is InChI=1S/C16H17NO2S/c18-14-8-9-17(16(19)15-7-4-10-20-15)13(14)11-12-5-2-1-3-6-12/h1-7,10,13-14,18H,8-9,11H2/t13-,14-/m0/s1. The molecule has 1 aromatic heterocycles. The number of nitrogens with zero attached hydrogens (tertiary/aromatic N) is 1. The van der Waals surface area contributed by atoms with Gasteiger partial charge < -0.3 is 10.0 Å². The van der Waals surface area contributed by atoms with E-state index in [2.05, 4.69) is 0 Å². The minimum absolute atomic E-state index is 0.0393. The summed E-state index contributed by atoms with van der Waals surface area (Å²) in [6.45, 7) is 0.634. The van der Waals surface area contributed by atoms with Crippen molar-refractivity contribution in [2.24, 2.45) is 0 Å². The monoisotopic (exact) mass is 287 g/mol. The number of aliphatic hydroxyl groups excluding tert-OH is 1. The molecule has 0 spiro atoms. The summed E-state index contributed by atoms with van der Waals surface area (Å²) in [5, 5.41) is 12.1. The molecule has 0 bridgehead atoms. The highest BCUT2D eigenvalue weighted by Crippen LogP contribution is 2.25. The van der Waals surface area contributed by atoms with Gasteiger partial charge in [-0.2, -0.15) is 0 Å². The van der Waals surface area contributed by atoms with E-state index in [1.165, 1.54) is 11.3 Å². The van der Waals surface area contributed by atoms with E-state index < -0.39 is 6.10 Å². The SMILES string of the molecule is O=C(c1cccs1)N1CC[C@H](O)[C@@H]1Cc1ccccc1. The Morgan fingerprint density at radius 2 is 2.05 bits per heavy atom. The highest BCUT2D eigenvalue weighted by Gasteiger charge is 2.36. The van der Waals surface area contributed by atoms with Gasteiger partial charge in [0.05, 0.1) is 17.0 Å². The van der Waals surface area contributed by atoms with Crippen LogP contribution in [0.3, 0.4) is 0 Å². The van der Waals surface area contributed by atoms with Gasteiger partial charge in [0, 0.05) is 6.54 Å². The molecule has 1 aliphatic rings. The first-order chi connectivity index (χ1) is 9.75. The van der Waals surface area contributed by atoms with Crippen LogP contribution in [0.15, 0.2) is 47.8 Å². The molecule has 0 saturated carbocycles. The maximum atomic E-state index is 12.5. The predicted molar refractivity (Wildman–Crippen MR) is 79.9 cm³/mol. The van der Waals surface area contributed by atoms with Crippen LogP contribution in [0.5, 0.6) is 0 Å². The van der Waals surface area contributed by atoms with E-state index in [1.54, 1.807) is 0 Å². The molecule has 1 saturated heterocycles. The molecule has 0 unspecified atom stereocenters. The highest BCUT2D eigenvalue weighted by molar-refractivity contribution is 7.12. The first-order valence-corrected chi connectivity index (χ1v) is 7.70. The molecule has 20 heavy (non-hydrogen) atoms. The van der Waals surface area contributed by atoms with Crippen LogP contribution in [0.4, 0.5) is 0 Å². The zero-order chi connectivity index (χ0) is 13.9. The van der Waals surface area contributed by atoms with Crippen LogP contribution in [0.2, 0.25) is 0 Å². The molecular formula is C16H17NO2S. The Kier molecular flexibility index (Phi) is 3.85. The van der Waals surface area contributed by atoms with E-state index in [1.807, 2.05) is 52.7 Å². The average molecular weight is 287 g/mol. The minimum atomic E-state index is -0.431. The largest absolute Gasteiger partial charge is 0.391 e. The number of carbonyl (C=O) groups excluding carboxylic acids is 1. The van der Waals surface area contributed by atoms with Crippen molar-refractivity contribution in [1.82, 2.24) is 4.90 Å². The predicted octanol–water partition coefficient (Wildman–Crippen LogP) is 2.57. The molecule has 4 heteroatoms. The lowest BCUT2D eigenvalue weighted by molar-refractivity contribution is 0.0644. The van der Waals surface area contributed by atoms with E-state index >= 15 is 0 Å². The molecule has 1 aromatic carbocycles. The summed E-state index contributed by atoms with van der Waals surface area (Å²) < 4.78 is 0. The average Bonchev–Trinajstić information content (AvgIpc) is 3.11. The van der Waals surface area contributed by atoms with Gasteiger partial charge in [0.25, 0.3) is 5.91 Å². The summed E-state index contributed by atoms with van der Waals surface area (Å²) in [5.41, 5.74) is 1.16. The van der Waals surface area contributed by atoms with E-state index in [-0.39, 0.29) is 11.9 Å². The first kappa shape index (κ1) is 13.3. The Bertz CT molecular complexity index is 567. The Hall–Kier alpha value is -1.65. The molecule has 0 aliphatic carbocycles. The van der Waals surface area contributed by atoms with Gasteiger partial charge in [0.1, 0.15) is 0 Å². The molecule has 3 nitrogen and oxygen atoms in total. The number of hydrogen-bond donors (Lipinski definition) is 1. The Balaban J connectivity index is 1.78. The van der Waals surface area contributed by atoms with Crippen LogP contribution < -0.4 is 0 Å². The lowest BCUT2D eigenvalue weighted by Gasteiger charge is -2.26. The Labute approximate surface area is 122 Å². The summed E-state index contributed by atoms with van der Waals surface area (Å²) in [7, 11) is 0. The number of amides is 1. The van der Waals surface area contributed by atoms with Crippen molar-refractivity contribution in [3.63, 3.8) is 0 Å². The van der Waals surface area contributed by atoms with Crippen LogP contribution >= 0.6 is 11.3 Å². The third-order valence-electron chi connectivity index (χ3n) is 3.79. The Morgan fingerprint density at radius 1 is 1.25 bits per heavy atom. The van der Waals surface area contributed by atoms with Crippen LogP contribution in [-0.2, 0) is 6.42 Å². The zero-order valence-electron chi connectivity index (χ0n) is 11.1. The van der Waals surface area contributed by atoms with Crippen molar-refractivity contribution in [2.75, 3.05) is 6.54 Å². The van der Waals surface area contributed by atoms with Crippen LogP contribution in [0.1, 0.15) is 21.7 Å². The summed E-state index contributed by atoms with van der Waals surface area (Å²) in [6, 6.07) is 13.6. The number of hydrogen-bond acceptors (Lipinski definition) is 3. The molecule has 3 rings (SSSR count). The van der Waals surface area contributed by atoms with Gasteiger partial charge in [-0.1, -0.05) is 36.4 Å². The van der Waals surface area contributed by atoms with Crippen molar-refractivity contribution in [2.45, 2.75) is 25.0 Å². The number of rotatable bonds is 3. The van der Waals surface area contributed by atoms with Gasteiger partial charge in [-0.3, -0.25) is 4.79 Å². The van der Waals surface area contributed by atoms with Gasteiger partial charge in [-0.15, -0.1) is 11.3 Å². The fourth-order valence-electron chi connectivity index (χ4n) is 2.73. The molecule has 0 radical (unpaired) electrons. The summed E-state index contributed by atoms with van der Waals surface area (Å²) in [6.07, 6.45) is 0.937. The summed E-state index contributed by atoms with van der Waals surface area (Å²) in [5.74, 6) is 0.0393. The number of carbonyl (C=O) groups is 1. The van der Waals surface area contributed by atoms with Crippen molar-refractivity contribution >= 4 is 17.2 Å². The summed E-state index contributed by atoms with van der Waals surface area (Å²) >= 11 is 1.45. The Morgan fingerprint density at radius 3 is 2.75 bits per heavy atom. The number of likely N-dealkylation sites (tertiary alicyclic amines) is 1. The molecule has 2 aromatic rings. The van der Waals surface area contributed by atoms with Gasteiger partial charge in [0.2, 0.25) is 0 Å². The van der Waals surface area contributed by atoms with E-state index in [0.717, 1.165) is 10.4 Å². The van der Waals surface area contributed by atoms with Crippen LogP contribution in [0, 0.1) is 0 Å². The minimum Gasteiger partial charge on any atom is -0.391 e. The third-order valence-corrected chi connectivity index (χ3v) is 4.65. The maximum absolute atomic E-state index is 12.5. The first-order valence-electron chi connectivity index (χ1n) is 6.82. The zero-order valence-corrected chi connectivity index (χ0v) is 11.9. The fourth-order valence-corrected chi connectivity index (χ4v) is 3.41. The third kappa shape index (κ3) is 2.62. The number of aliphatic hydroxyl groups is 1. The fraction of sp³-hybridized carbons (Fsp3) is 0.312. The topological polar surface area (TPSA) is 40.5 Å². The van der Waals surface area contributed by atoms with Gasteiger partial charge in [0.15, 0.2) is 0 Å². The van der Waals surface area contributed by atoms with Crippen molar-refractivity contribution < 1.29 is 9.90 Å². The lowest BCUT2D eigenvalue weighted by Crippen LogP contribution is -2.40. The molecule has 1 aliphatic heterocycles. The smallest absolute Gasteiger partial charge is 0.264 e. The molecule has 1 amide bonds. The van der Waals surface area contributed by atoms with Crippen LogP contribution in [0.25, 0.3) is 0 Å². The quantitative estimate of drug-likeness (QED) is 0.942. The molecule has 1 N–H and O–H groups in total. The maximum Gasteiger partial charge on any atom is 0.264 e. The molecule has 104 valence electrons. The van der Waals surface area contributed by atoms with Crippen molar-refractivity contribution in [1.29, 1.82) is 0 Å². The highest BCUT2D eigenvalue weighted by atomic mass is 32.1. The van der Waals surface area contributed by atoms with Crippen LogP contribution in [-0.4, -0.2) is 34.6 Å². The summed E-state index contributed by atoms with van der Waals surface area (Å²) in [4.78, 5) is 15.0. The van der Waals surface area contributed by atoms with Gasteiger partial charge in [-0.25, -0.2) is 0 Å². The number of thiophene rings is 1. The van der Waals surface area contributed by atoms with E-state index in [9.17, 15) is 9.90 Å². The molecule has 1 fully saturated rings. The second kappa shape index (κ2) is 5.77. The number of benzene rings is 1. The molecule has 2 heterocycles. The second-order valence-electron chi connectivity index (χ2n) is 5.09.